The van der Waals surface area contributed by atoms with Crippen molar-refractivity contribution in [2.75, 3.05) is 7.11 Å². The third-order valence-corrected chi connectivity index (χ3v) is 5.40. The first-order chi connectivity index (χ1) is 8.22. The van der Waals surface area contributed by atoms with Gasteiger partial charge < -0.3 is 10.1 Å². The summed E-state index contributed by atoms with van der Waals surface area (Å²) >= 11 is 5.14. The molecule has 1 fully saturated rings. The van der Waals surface area contributed by atoms with Crippen LogP contribution < -0.4 is 5.32 Å². The second kappa shape index (κ2) is 5.89. The lowest BCUT2D eigenvalue weighted by atomic mass is 10.2. The molecule has 1 N–H and O–H groups in total. The predicted octanol–water partition coefficient (Wildman–Crippen LogP) is 2.15. The van der Waals surface area contributed by atoms with Crippen molar-refractivity contribution in [2.45, 2.75) is 22.1 Å². The minimum Gasteiger partial charge on any atom is -0.360 e. The summed E-state index contributed by atoms with van der Waals surface area (Å²) in [5, 5.41) is 2.92. The van der Waals surface area contributed by atoms with Crippen LogP contribution in [-0.4, -0.2) is 29.3 Å². The number of benzene rings is 1. The average molecular weight is 316 g/mol. The van der Waals surface area contributed by atoms with E-state index in [4.69, 9.17) is 4.74 Å². The van der Waals surface area contributed by atoms with Crippen LogP contribution >= 0.6 is 27.7 Å². The van der Waals surface area contributed by atoms with Crippen molar-refractivity contribution in [1.29, 1.82) is 0 Å². The summed E-state index contributed by atoms with van der Waals surface area (Å²) in [5.74, 6) is 0.880. The maximum absolute atomic E-state index is 11.5. The summed E-state index contributed by atoms with van der Waals surface area (Å²) in [7, 11) is 1.62. The number of alkyl halides is 1. The van der Waals surface area contributed by atoms with Gasteiger partial charge in [0.05, 0.1) is 5.25 Å². The fraction of sp³-hybridized carbons (Fsp3) is 0.417. The number of ether oxygens (including phenoxy) is 1. The zero-order valence-electron chi connectivity index (χ0n) is 9.43. The molecule has 1 heterocycles. The molecule has 0 spiro atoms. The second-order valence-electron chi connectivity index (χ2n) is 3.83. The molecule has 17 heavy (non-hydrogen) atoms. The third kappa shape index (κ3) is 3.03. The van der Waals surface area contributed by atoms with E-state index in [0.717, 1.165) is 5.75 Å². The normalized spacial score (nSPS) is 28.1. The Bertz CT molecular complexity index is 387. The minimum atomic E-state index is -0.208. The van der Waals surface area contributed by atoms with Crippen LogP contribution in [0.4, 0.5) is 0 Å². The van der Waals surface area contributed by atoms with E-state index in [1.165, 1.54) is 5.56 Å². The first-order valence-corrected chi connectivity index (χ1v) is 7.31. The van der Waals surface area contributed by atoms with Crippen molar-refractivity contribution in [3.8, 4) is 0 Å². The van der Waals surface area contributed by atoms with E-state index < -0.39 is 0 Å². The molecule has 0 aliphatic carbocycles. The van der Waals surface area contributed by atoms with Crippen molar-refractivity contribution < 1.29 is 9.53 Å². The molecule has 0 saturated carbocycles. The largest absolute Gasteiger partial charge is 0.360 e. The van der Waals surface area contributed by atoms with Crippen LogP contribution in [0.5, 0.6) is 0 Å². The quantitative estimate of drug-likeness (QED) is 0.865. The Morgan fingerprint density at radius 2 is 2.12 bits per heavy atom. The summed E-state index contributed by atoms with van der Waals surface area (Å²) in [5.41, 5.74) is 1.26. The second-order valence-corrected chi connectivity index (χ2v) is 5.98. The molecule has 1 aliphatic rings. The monoisotopic (exact) mass is 315 g/mol. The zero-order valence-corrected chi connectivity index (χ0v) is 11.8. The number of halogens is 1. The minimum absolute atomic E-state index is 0.00223. The topological polar surface area (TPSA) is 38.3 Å². The molecule has 1 saturated heterocycles. The Morgan fingerprint density at radius 3 is 2.76 bits per heavy atom. The van der Waals surface area contributed by atoms with Gasteiger partial charge in [-0.1, -0.05) is 46.3 Å². The van der Waals surface area contributed by atoms with Gasteiger partial charge in [-0.05, 0) is 5.56 Å². The summed E-state index contributed by atoms with van der Waals surface area (Å²) in [4.78, 5) is 11.3. The molecule has 3 atom stereocenters. The van der Waals surface area contributed by atoms with Crippen molar-refractivity contribution in [3.05, 3.63) is 35.9 Å². The number of carbonyl (C=O) groups is 1. The Morgan fingerprint density at radius 1 is 1.41 bits per heavy atom. The van der Waals surface area contributed by atoms with Gasteiger partial charge in [0.2, 0.25) is 5.91 Å². The molecule has 0 radical (unpaired) electrons. The predicted molar refractivity (Wildman–Crippen MR) is 73.2 cm³/mol. The number of methoxy groups -OCH3 is 1. The first kappa shape index (κ1) is 12.9. The van der Waals surface area contributed by atoms with E-state index in [9.17, 15) is 4.79 Å². The van der Waals surface area contributed by atoms with Crippen LogP contribution in [0.25, 0.3) is 0 Å². The lowest BCUT2D eigenvalue weighted by Crippen LogP contribution is -2.32. The maximum Gasteiger partial charge on any atom is 0.237 e. The maximum atomic E-state index is 11.5. The molecule has 3 nitrogen and oxygen atoms in total. The number of nitrogens with one attached hydrogen (secondary N) is 1. The van der Waals surface area contributed by atoms with Gasteiger partial charge in [0.1, 0.15) is 11.1 Å². The fourth-order valence-corrected chi connectivity index (χ4v) is 3.83. The summed E-state index contributed by atoms with van der Waals surface area (Å²) in [6.07, 6.45) is -0.208. The van der Waals surface area contributed by atoms with E-state index in [1.54, 1.807) is 18.9 Å². The number of amides is 1. The molecule has 0 unspecified atom stereocenters. The van der Waals surface area contributed by atoms with Crippen molar-refractivity contribution in [1.82, 2.24) is 5.32 Å². The molecule has 0 aromatic heterocycles. The molecule has 92 valence electrons. The molecule has 1 aromatic rings. The van der Waals surface area contributed by atoms with Gasteiger partial charge in [-0.15, -0.1) is 11.8 Å². The highest BCUT2D eigenvalue weighted by molar-refractivity contribution is 9.10. The van der Waals surface area contributed by atoms with Gasteiger partial charge in [-0.2, -0.15) is 0 Å². The van der Waals surface area contributed by atoms with Gasteiger partial charge in [-0.25, -0.2) is 0 Å². The Balaban J connectivity index is 1.96. The molecular formula is C12H14BrNO2S. The first-order valence-electron chi connectivity index (χ1n) is 5.35. The average Bonchev–Trinajstić information content (AvgIpc) is 2.64. The van der Waals surface area contributed by atoms with Crippen LogP contribution in [-0.2, 0) is 15.3 Å². The fourth-order valence-electron chi connectivity index (χ4n) is 1.74. The van der Waals surface area contributed by atoms with E-state index >= 15 is 0 Å². The van der Waals surface area contributed by atoms with Crippen LogP contribution in [0.1, 0.15) is 5.56 Å². The Kier molecular flexibility index (Phi) is 4.48. The van der Waals surface area contributed by atoms with Crippen LogP contribution in [0.2, 0.25) is 0 Å². The lowest BCUT2D eigenvalue weighted by Gasteiger charge is -2.18. The number of carbonyl (C=O) groups excluding carboxylic acids is 1. The number of hydrogen-bond donors (Lipinski definition) is 1. The van der Waals surface area contributed by atoms with Gasteiger partial charge in [0.15, 0.2) is 0 Å². The van der Waals surface area contributed by atoms with Crippen LogP contribution in [0, 0.1) is 0 Å². The molecule has 1 aromatic carbocycles. The van der Waals surface area contributed by atoms with Gasteiger partial charge >= 0.3 is 0 Å². The summed E-state index contributed by atoms with van der Waals surface area (Å²) in [6, 6.07) is 10.2. The van der Waals surface area contributed by atoms with Crippen LogP contribution in [0.3, 0.4) is 0 Å². The SMILES string of the molecule is CO[C@H]1NC(=O)[C@H](Br)[C@@H]1SCc1ccccc1. The molecule has 1 amide bonds. The van der Waals surface area contributed by atoms with Gasteiger partial charge in [0.25, 0.3) is 0 Å². The summed E-state index contributed by atoms with van der Waals surface area (Å²) in [6.45, 7) is 0. The van der Waals surface area contributed by atoms with Crippen molar-refractivity contribution in [2.24, 2.45) is 0 Å². The summed E-state index contributed by atoms with van der Waals surface area (Å²) < 4.78 is 5.27. The highest BCUT2D eigenvalue weighted by Crippen LogP contribution is 2.31. The molecule has 0 bridgehead atoms. The Hall–Kier alpha value is -0.520. The van der Waals surface area contributed by atoms with Crippen molar-refractivity contribution in [3.63, 3.8) is 0 Å². The molecule has 5 heteroatoms. The highest BCUT2D eigenvalue weighted by Gasteiger charge is 2.41. The molecular weight excluding hydrogens is 302 g/mol. The number of hydrogen-bond acceptors (Lipinski definition) is 3. The van der Waals surface area contributed by atoms with Crippen LogP contribution in [0.15, 0.2) is 30.3 Å². The smallest absolute Gasteiger partial charge is 0.237 e. The molecule has 2 rings (SSSR count). The van der Waals surface area contributed by atoms with E-state index in [1.807, 2.05) is 18.2 Å². The van der Waals surface area contributed by atoms with E-state index in [-0.39, 0.29) is 22.2 Å². The van der Waals surface area contributed by atoms with Crippen molar-refractivity contribution >= 4 is 33.6 Å². The Labute approximate surface area is 113 Å². The number of rotatable bonds is 4. The number of thioether (sulfide) groups is 1. The van der Waals surface area contributed by atoms with E-state index in [2.05, 4.69) is 33.4 Å². The van der Waals surface area contributed by atoms with Gasteiger partial charge in [-0.3, -0.25) is 4.79 Å². The standard InChI is InChI=1S/C12H14BrNO2S/c1-16-12-10(9(13)11(15)14-12)17-7-8-5-3-2-4-6-8/h2-6,9-10,12H,7H2,1H3,(H,14,15)/t9-,10+,12-/m1/s1. The lowest BCUT2D eigenvalue weighted by molar-refractivity contribution is -0.120. The highest BCUT2D eigenvalue weighted by atomic mass is 79.9. The molecule has 1 aliphatic heterocycles. The van der Waals surface area contributed by atoms with Gasteiger partial charge in [0, 0.05) is 12.9 Å². The third-order valence-electron chi connectivity index (χ3n) is 2.66. The zero-order chi connectivity index (χ0) is 12.3. The van der Waals surface area contributed by atoms with E-state index in [0.29, 0.717) is 0 Å².